The maximum Gasteiger partial charge on any atom is 0.340 e. The van der Waals surface area contributed by atoms with Crippen molar-refractivity contribution in [3.05, 3.63) is 20.1 Å². The van der Waals surface area contributed by atoms with Crippen molar-refractivity contribution in [3.63, 3.8) is 0 Å². The van der Waals surface area contributed by atoms with E-state index in [0.29, 0.717) is 6.54 Å². The van der Waals surface area contributed by atoms with Crippen LogP contribution in [-0.4, -0.2) is 89.1 Å². The fourth-order valence-corrected chi connectivity index (χ4v) is 6.06. The highest BCUT2D eigenvalue weighted by Crippen LogP contribution is 2.60. The van der Waals surface area contributed by atoms with Crippen LogP contribution >= 0.6 is 31.9 Å². The smallest absolute Gasteiger partial charge is 0.340 e. The molecule has 14 heteroatoms. The number of carboxylic acid groups (broad SMARTS) is 1. The molecular formula is C24H24Br2N2O10. The summed E-state index contributed by atoms with van der Waals surface area (Å²) in [7, 11) is 2.80. The maximum absolute atomic E-state index is 13.7. The normalized spacial score (nSPS) is 15.9. The van der Waals surface area contributed by atoms with Gasteiger partial charge in [0.2, 0.25) is 25.1 Å². The van der Waals surface area contributed by atoms with Gasteiger partial charge >= 0.3 is 11.9 Å². The summed E-state index contributed by atoms with van der Waals surface area (Å²) in [4.78, 5) is 28.5. The Morgan fingerprint density at radius 3 is 1.89 bits per heavy atom. The van der Waals surface area contributed by atoms with Gasteiger partial charge in [-0.25, -0.2) is 9.59 Å². The number of carbonyl (C=O) groups excluding carboxylic acids is 1. The van der Waals surface area contributed by atoms with Crippen LogP contribution in [0.5, 0.6) is 34.5 Å². The quantitative estimate of drug-likeness (QED) is 0.403. The first-order valence-corrected chi connectivity index (χ1v) is 13.2. The molecule has 0 amide bonds. The predicted octanol–water partition coefficient (Wildman–Crippen LogP) is 3.11. The molecule has 0 atom stereocenters. The predicted molar refractivity (Wildman–Crippen MR) is 139 cm³/mol. The molecule has 0 aromatic heterocycles. The van der Waals surface area contributed by atoms with Crippen molar-refractivity contribution in [1.29, 1.82) is 0 Å². The molecule has 0 spiro atoms. The summed E-state index contributed by atoms with van der Waals surface area (Å²) in [6.07, 6.45) is 0. The lowest BCUT2D eigenvalue weighted by Gasteiger charge is -2.27. The van der Waals surface area contributed by atoms with Crippen molar-refractivity contribution in [2.45, 2.75) is 0 Å². The number of carboxylic acids is 1. The Balaban J connectivity index is 1.70. The third-order valence-electron chi connectivity index (χ3n) is 6.36. The average molecular weight is 660 g/mol. The molecule has 0 radical (unpaired) electrons. The van der Waals surface area contributed by atoms with Crippen LogP contribution < -0.4 is 33.7 Å². The second-order valence-electron chi connectivity index (χ2n) is 8.36. The molecule has 0 unspecified atom stereocenters. The van der Waals surface area contributed by atoms with E-state index in [2.05, 4.69) is 42.1 Å². The zero-order valence-electron chi connectivity index (χ0n) is 20.5. The number of nitrogens with zero attached hydrogens (tertiary/aromatic N) is 1. The van der Waals surface area contributed by atoms with Crippen molar-refractivity contribution < 1.29 is 47.9 Å². The molecule has 5 rings (SSSR count). The molecule has 2 N–H and O–H groups in total. The van der Waals surface area contributed by atoms with Gasteiger partial charge in [0.05, 0.1) is 34.3 Å². The van der Waals surface area contributed by atoms with E-state index in [1.165, 1.54) is 14.2 Å². The number of hydrogen-bond acceptors (Lipinski definition) is 11. The molecule has 0 aliphatic carbocycles. The minimum atomic E-state index is -1.30. The number of ether oxygens (including phenoxy) is 7. The minimum absolute atomic E-state index is 0.0105. The van der Waals surface area contributed by atoms with Crippen LogP contribution in [0.2, 0.25) is 0 Å². The molecule has 1 saturated heterocycles. The zero-order chi connectivity index (χ0) is 27.0. The lowest BCUT2D eigenvalue weighted by Crippen LogP contribution is -2.44. The topological polar surface area (TPSA) is 134 Å². The van der Waals surface area contributed by atoms with Crippen LogP contribution in [0.3, 0.4) is 0 Å². The number of halogens is 2. The highest BCUT2D eigenvalue weighted by Gasteiger charge is 2.41. The summed E-state index contributed by atoms with van der Waals surface area (Å²) in [5.74, 6) is -1.12. The summed E-state index contributed by atoms with van der Waals surface area (Å²) in [6.45, 7) is 3.72. The summed E-state index contributed by atoms with van der Waals surface area (Å²) >= 11 is 6.81. The van der Waals surface area contributed by atoms with Crippen LogP contribution in [0.4, 0.5) is 0 Å². The molecule has 204 valence electrons. The molecule has 0 saturated carbocycles. The van der Waals surface area contributed by atoms with Crippen LogP contribution in [0, 0.1) is 0 Å². The number of esters is 1. The fourth-order valence-electron chi connectivity index (χ4n) is 4.65. The van der Waals surface area contributed by atoms with E-state index in [-0.39, 0.29) is 85.9 Å². The molecule has 2 aromatic rings. The van der Waals surface area contributed by atoms with Crippen molar-refractivity contribution in [2.75, 3.05) is 67.1 Å². The number of fused-ring (bicyclic) bond motifs is 2. The van der Waals surface area contributed by atoms with Gasteiger partial charge in [-0.15, -0.1) is 0 Å². The van der Waals surface area contributed by atoms with E-state index in [1.807, 2.05) is 0 Å². The van der Waals surface area contributed by atoms with Gasteiger partial charge in [-0.05, 0) is 31.9 Å². The van der Waals surface area contributed by atoms with Gasteiger partial charge in [-0.1, -0.05) is 0 Å². The molecule has 3 aliphatic heterocycles. The first kappa shape index (κ1) is 26.7. The SMILES string of the molecule is COc1c(Br)c(C(=O)O)c(-c2c3c(c(OC)c(Br)c2C(=O)OCCN2CCNCC2)OCO3)c2c1OCO2. The number of nitrogens with one attached hydrogen (secondary N) is 1. The Morgan fingerprint density at radius 2 is 1.37 bits per heavy atom. The van der Waals surface area contributed by atoms with E-state index >= 15 is 0 Å². The first-order valence-electron chi connectivity index (χ1n) is 11.6. The third kappa shape index (κ3) is 4.48. The monoisotopic (exact) mass is 658 g/mol. The summed E-state index contributed by atoms with van der Waals surface area (Å²) in [5.41, 5.74) is -0.101. The van der Waals surface area contributed by atoms with Crippen molar-refractivity contribution in [3.8, 4) is 45.6 Å². The van der Waals surface area contributed by atoms with Crippen LogP contribution in [0.15, 0.2) is 8.95 Å². The lowest BCUT2D eigenvalue weighted by molar-refractivity contribution is 0.0454. The fraction of sp³-hybridized carbons (Fsp3) is 0.417. The first-order chi connectivity index (χ1) is 18.4. The standard InChI is InChI=1S/C24H24Br2N2O10/c1-32-19-15(25)13(23(29)30)11(17-21(19)37-9-35-17)12-14(16(26)20(33-2)22-18(12)36-10-38-22)24(31)34-8-7-28-5-3-27-4-6-28/h27H,3-10H2,1-2H3,(H,29,30). The Hall–Kier alpha value is -2.94. The number of benzene rings is 2. The van der Waals surface area contributed by atoms with Gasteiger partial charge in [0.1, 0.15) is 6.61 Å². The van der Waals surface area contributed by atoms with E-state index in [0.717, 1.165) is 26.2 Å². The lowest BCUT2D eigenvalue weighted by atomic mass is 9.91. The van der Waals surface area contributed by atoms with Gasteiger partial charge in [0, 0.05) is 43.9 Å². The molecular weight excluding hydrogens is 636 g/mol. The molecule has 3 aliphatic rings. The Morgan fingerprint density at radius 1 is 0.868 bits per heavy atom. The van der Waals surface area contributed by atoms with Crippen molar-refractivity contribution >= 4 is 43.8 Å². The summed E-state index contributed by atoms with van der Waals surface area (Å²) < 4.78 is 39.7. The zero-order valence-corrected chi connectivity index (χ0v) is 23.7. The van der Waals surface area contributed by atoms with E-state index < -0.39 is 11.9 Å². The van der Waals surface area contributed by atoms with Crippen molar-refractivity contribution in [2.24, 2.45) is 0 Å². The van der Waals surface area contributed by atoms with Crippen LogP contribution in [0.1, 0.15) is 20.7 Å². The Bertz CT molecular complexity index is 1300. The molecule has 1 fully saturated rings. The van der Waals surface area contributed by atoms with Crippen molar-refractivity contribution in [1.82, 2.24) is 10.2 Å². The number of carbonyl (C=O) groups is 2. The van der Waals surface area contributed by atoms with E-state index in [4.69, 9.17) is 33.2 Å². The second-order valence-corrected chi connectivity index (χ2v) is 9.94. The van der Waals surface area contributed by atoms with Gasteiger partial charge in [-0.3, -0.25) is 4.90 Å². The largest absolute Gasteiger partial charge is 0.492 e. The van der Waals surface area contributed by atoms with Gasteiger partial charge in [-0.2, -0.15) is 0 Å². The molecule has 12 nitrogen and oxygen atoms in total. The Kier molecular flexibility index (Phi) is 7.75. The highest BCUT2D eigenvalue weighted by atomic mass is 79.9. The number of methoxy groups -OCH3 is 2. The summed E-state index contributed by atoms with van der Waals surface area (Å²) in [6, 6.07) is 0. The molecule has 2 aromatic carbocycles. The molecule has 0 bridgehead atoms. The minimum Gasteiger partial charge on any atom is -0.492 e. The second kappa shape index (κ2) is 11.0. The van der Waals surface area contributed by atoms with Crippen LogP contribution in [0.25, 0.3) is 11.1 Å². The third-order valence-corrected chi connectivity index (χ3v) is 7.87. The van der Waals surface area contributed by atoms with E-state index in [9.17, 15) is 14.7 Å². The highest BCUT2D eigenvalue weighted by molar-refractivity contribution is 9.11. The summed E-state index contributed by atoms with van der Waals surface area (Å²) in [5, 5.41) is 13.6. The number of aromatic carboxylic acids is 1. The maximum atomic E-state index is 13.7. The molecule has 38 heavy (non-hydrogen) atoms. The number of hydrogen-bond donors (Lipinski definition) is 2. The number of rotatable bonds is 8. The average Bonchev–Trinajstić information content (AvgIpc) is 3.58. The van der Waals surface area contributed by atoms with Gasteiger partial charge in [0.25, 0.3) is 0 Å². The number of piperazine rings is 1. The molecule has 3 heterocycles. The van der Waals surface area contributed by atoms with Crippen LogP contribution in [-0.2, 0) is 4.74 Å². The van der Waals surface area contributed by atoms with Gasteiger partial charge in [0.15, 0.2) is 23.0 Å². The van der Waals surface area contributed by atoms with E-state index in [1.54, 1.807) is 0 Å². The van der Waals surface area contributed by atoms with Gasteiger partial charge < -0.3 is 43.6 Å². The Labute approximate surface area is 234 Å².